The Morgan fingerprint density at radius 1 is 1.32 bits per heavy atom. The summed E-state index contributed by atoms with van der Waals surface area (Å²) in [4.78, 5) is 3.89. The lowest BCUT2D eigenvalue weighted by atomic mass is 10.2. The van der Waals surface area contributed by atoms with Crippen LogP contribution in [0.2, 0.25) is 5.02 Å². The molecule has 1 aliphatic heterocycles. The molecule has 116 valence electrons. The molecule has 8 heteroatoms. The van der Waals surface area contributed by atoms with Gasteiger partial charge in [-0.05, 0) is 30.3 Å². The topological polar surface area (TPSA) is 59.5 Å². The van der Waals surface area contributed by atoms with E-state index in [0.29, 0.717) is 5.75 Å². The Kier molecular flexibility index (Phi) is 4.03. The maximum Gasteiger partial charge on any atom is 0.243 e. The fraction of sp³-hybridized carbons (Fsp3) is 0.214. The summed E-state index contributed by atoms with van der Waals surface area (Å²) in [6, 6.07) is 6.85. The van der Waals surface area contributed by atoms with Gasteiger partial charge < -0.3 is 4.74 Å². The summed E-state index contributed by atoms with van der Waals surface area (Å²) in [5.74, 6) is -0.0589. The highest BCUT2D eigenvalue weighted by molar-refractivity contribution is 7.89. The Bertz CT molecular complexity index is 780. The maximum absolute atomic E-state index is 13.1. The molecule has 0 aliphatic carbocycles. The van der Waals surface area contributed by atoms with E-state index in [1.54, 1.807) is 24.5 Å². The van der Waals surface area contributed by atoms with E-state index in [0.717, 1.165) is 12.1 Å². The maximum atomic E-state index is 13.1. The monoisotopic (exact) mass is 342 g/mol. The van der Waals surface area contributed by atoms with Gasteiger partial charge in [0.15, 0.2) is 0 Å². The number of hydrogen-bond acceptors (Lipinski definition) is 4. The molecule has 0 unspecified atom stereocenters. The molecule has 1 aromatic heterocycles. The highest BCUT2D eigenvalue weighted by atomic mass is 35.5. The molecule has 0 atom stereocenters. The van der Waals surface area contributed by atoms with E-state index in [1.807, 2.05) is 0 Å². The summed E-state index contributed by atoms with van der Waals surface area (Å²) < 4.78 is 44.7. The largest absolute Gasteiger partial charge is 0.486 e. The van der Waals surface area contributed by atoms with Gasteiger partial charge in [0, 0.05) is 6.20 Å². The van der Waals surface area contributed by atoms with Gasteiger partial charge >= 0.3 is 0 Å². The van der Waals surface area contributed by atoms with Crippen LogP contribution in [0.15, 0.2) is 47.6 Å². The Morgan fingerprint density at radius 2 is 2.09 bits per heavy atom. The lowest BCUT2D eigenvalue weighted by Crippen LogP contribution is -2.55. The minimum absolute atomic E-state index is 0.0290. The number of sulfonamides is 1. The normalized spacial score (nSPS) is 16.3. The molecule has 0 amide bonds. The van der Waals surface area contributed by atoms with E-state index in [-0.39, 0.29) is 29.1 Å². The van der Waals surface area contributed by atoms with Crippen molar-refractivity contribution >= 4 is 21.6 Å². The number of aromatic nitrogens is 1. The van der Waals surface area contributed by atoms with E-state index < -0.39 is 15.8 Å². The molecule has 5 nitrogen and oxygen atoms in total. The zero-order chi connectivity index (χ0) is 15.7. The molecule has 0 saturated carbocycles. The van der Waals surface area contributed by atoms with Crippen molar-refractivity contribution in [2.24, 2.45) is 0 Å². The molecule has 1 saturated heterocycles. The number of benzene rings is 1. The third-order valence-corrected chi connectivity index (χ3v) is 5.40. The second kappa shape index (κ2) is 5.83. The molecule has 3 rings (SSSR count). The van der Waals surface area contributed by atoms with E-state index in [9.17, 15) is 12.8 Å². The molecule has 0 radical (unpaired) electrons. The molecule has 0 N–H and O–H groups in total. The number of ether oxygens (including phenoxy) is 1. The van der Waals surface area contributed by atoms with Crippen LogP contribution in [0.3, 0.4) is 0 Å². The van der Waals surface area contributed by atoms with E-state index in [1.165, 1.54) is 10.4 Å². The van der Waals surface area contributed by atoms with Crippen molar-refractivity contribution in [2.45, 2.75) is 11.0 Å². The molecule has 2 aromatic rings. The van der Waals surface area contributed by atoms with Crippen molar-refractivity contribution in [1.82, 2.24) is 9.29 Å². The SMILES string of the molecule is O=S(=O)(c1ccc(F)c(Cl)c1)N1CC(Oc2cccnc2)C1. The van der Waals surface area contributed by atoms with Gasteiger partial charge in [-0.25, -0.2) is 12.8 Å². The van der Waals surface area contributed by atoms with E-state index in [2.05, 4.69) is 4.98 Å². The highest BCUT2D eigenvalue weighted by Gasteiger charge is 2.38. The van der Waals surface area contributed by atoms with Gasteiger partial charge in [-0.15, -0.1) is 0 Å². The first kappa shape index (κ1) is 15.2. The van der Waals surface area contributed by atoms with Gasteiger partial charge in [-0.3, -0.25) is 4.98 Å². The number of nitrogens with zero attached hydrogens (tertiary/aromatic N) is 2. The van der Waals surface area contributed by atoms with Crippen LogP contribution in [0, 0.1) is 5.82 Å². The van der Waals surface area contributed by atoms with E-state index >= 15 is 0 Å². The molecular formula is C14H12ClFN2O3S. The molecule has 1 fully saturated rings. The Balaban J connectivity index is 1.67. The summed E-state index contributed by atoms with van der Waals surface area (Å²) in [5, 5.41) is -0.218. The second-order valence-corrected chi connectivity index (χ2v) is 7.17. The van der Waals surface area contributed by atoms with Crippen LogP contribution in [0.25, 0.3) is 0 Å². The quantitative estimate of drug-likeness (QED) is 0.855. The van der Waals surface area contributed by atoms with Gasteiger partial charge in [-0.1, -0.05) is 11.6 Å². The van der Waals surface area contributed by atoms with Crippen molar-refractivity contribution in [1.29, 1.82) is 0 Å². The average Bonchev–Trinajstić information content (AvgIpc) is 2.46. The molecule has 0 bridgehead atoms. The first-order valence-electron chi connectivity index (χ1n) is 6.49. The number of hydrogen-bond donors (Lipinski definition) is 0. The van der Waals surface area contributed by atoms with Crippen LogP contribution in [0.4, 0.5) is 4.39 Å². The summed E-state index contributed by atoms with van der Waals surface area (Å²) in [7, 11) is -3.68. The van der Waals surface area contributed by atoms with Crippen LogP contribution in [0.1, 0.15) is 0 Å². The summed E-state index contributed by atoms with van der Waals surface area (Å²) in [6.45, 7) is 0.457. The van der Waals surface area contributed by atoms with Gasteiger partial charge in [0.05, 0.1) is 29.2 Å². The van der Waals surface area contributed by atoms with Crippen LogP contribution >= 0.6 is 11.6 Å². The molecule has 1 aromatic carbocycles. The van der Waals surface area contributed by atoms with Crippen molar-refractivity contribution < 1.29 is 17.5 Å². The van der Waals surface area contributed by atoms with Crippen LogP contribution in [-0.4, -0.2) is 36.9 Å². The predicted molar refractivity (Wildman–Crippen MR) is 78.8 cm³/mol. The standard InChI is InChI=1S/C14H12ClFN2O3S/c15-13-6-12(3-4-14(13)16)22(19,20)18-8-11(9-18)21-10-2-1-5-17-7-10/h1-7,11H,8-9H2. The average molecular weight is 343 g/mol. The predicted octanol–water partition coefficient (Wildman–Crippen LogP) is 2.33. The minimum atomic E-state index is -3.68. The molecule has 22 heavy (non-hydrogen) atoms. The van der Waals surface area contributed by atoms with Gasteiger partial charge in [-0.2, -0.15) is 4.31 Å². The second-order valence-electron chi connectivity index (χ2n) is 4.83. The van der Waals surface area contributed by atoms with Gasteiger partial charge in [0.1, 0.15) is 17.7 Å². The number of rotatable bonds is 4. The zero-order valence-electron chi connectivity index (χ0n) is 11.3. The Morgan fingerprint density at radius 3 is 2.73 bits per heavy atom. The minimum Gasteiger partial charge on any atom is -0.486 e. The van der Waals surface area contributed by atoms with Crippen molar-refractivity contribution in [2.75, 3.05) is 13.1 Å². The van der Waals surface area contributed by atoms with Crippen molar-refractivity contribution in [3.05, 3.63) is 53.6 Å². The molecular weight excluding hydrogens is 331 g/mol. The highest BCUT2D eigenvalue weighted by Crippen LogP contribution is 2.27. The van der Waals surface area contributed by atoms with Crippen LogP contribution < -0.4 is 4.74 Å². The number of pyridine rings is 1. The van der Waals surface area contributed by atoms with E-state index in [4.69, 9.17) is 16.3 Å². The van der Waals surface area contributed by atoms with Crippen molar-refractivity contribution in [3.63, 3.8) is 0 Å². The Hall–Kier alpha value is -1.70. The molecule has 1 aliphatic rings. The molecule has 2 heterocycles. The third kappa shape index (κ3) is 2.92. The van der Waals surface area contributed by atoms with Gasteiger partial charge in [0.2, 0.25) is 10.0 Å². The van der Waals surface area contributed by atoms with Gasteiger partial charge in [0.25, 0.3) is 0 Å². The summed E-state index contributed by atoms with van der Waals surface area (Å²) in [6.07, 6.45) is 2.97. The van der Waals surface area contributed by atoms with Crippen molar-refractivity contribution in [3.8, 4) is 5.75 Å². The first-order chi connectivity index (χ1) is 10.5. The lowest BCUT2D eigenvalue weighted by molar-refractivity contribution is 0.0759. The number of halogens is 2. The Labute approximate surface area is 132 Å². The van der Waals surface area contributed by atoms with Crippen LogP contribution in [0.5, 0.6) is 5.75 Å². The fourth-order valence-corrected chi connectivity index (χ4v) is 3.84. The summed E-state index contributed by atoms with van der Waals surface area (Å²) in [5.41, 5.74) is 0. The zero-order valence-corrected chi connectivity index (χ0v) is 12.9. The molecule has 0 spiro atoms. The summed E-state index contributed by atoms with van der Waals surface area (Å²) >= 11 is 5.63. The first-order valence-corrected chi connectivity index (χ1v) is 8.30. The smallest absolute Gasteiger partial charge is 0.243 e. The fourth-order valence-electron chi connectivity index (χ4n) is 2.07. The lowest BCUT2D eigenvalue weighted by Gasteiger charge is -2.37. The third-order valence-electron chi connectivity index (χ3n) is 3.28. The van der Waals surface area contributed by atoms with Crippen LogP contribution in [-0.2, 0) is 10.0 Å².